The van der Waals surface area contributed by atoms with Crippen LogP contribution in [0.2, 0.25) is 0 Å². The van der Waals surface area contributed by atoms with Gasteiger partial charge in [-0.05, 0) is 57.5 Å². The molecule has 2 atom stereocenters. The van der Waals surface area contributed by atoms with Crippen molar-refractivity contribution in [2.75, 3.05) is 13.6 Å². The van der Waals surface area contributed by atoms with Crippen molar-refractivity contribution in [2.45, 2.75) is 50.5 Å². The van der Waals surface area contributed by atoms with Crippen molar-refractivity contribution < 1.29 is 4.52 Å². The van der Waals surface area contributed by atoms with Crippen LogP contribution in [0.25, 0.3) is 11.0 Å². The molecule has 2 aromatic rings. The first-order valence-corrected chi connectivity index (χ1v) is 7.77. The third-order valence-electron chi connectivity index (χ3n) is 5.66. The first kappa shape index (κ1) is 12.4. The summed E-state index contributed by atoms with van der Waals surface area (Å²) < 4.78 is 5.49. The van der Waals surface area contributed by atoms with E-state index in [0.717, 1.165) is 16.7 Å². The van der Waals surface area contributed by atoms with Crippen molar-refractivity contribution in [3.8, 4) is 0 Å². The van der Waals surface area contributed by atoms with Crippen LogP contribution < -0.4 is 0 Å². The van der Waals surface area contributed by atoms with E-state index in [1.165, 1.54) is 44.2 Å². The molecule has 1 aliphatic heterocycles. The van der Waals surface area contributed by atoms with E-state index in [9.17, 15) is 0 Å². The number of rotatable bonds is 1. The molecule has 0 unspecified atom stereocenters. The van der Waals surface area contributed by atoms with Crippen LogP contribution >= 0.6 is 0 Å². The predicted octanol–water partition coefficient (Wildman–Crippen LogP) is 3.65. The van der Waals surface area contributed by atoms with Crippen LogP contribution in [-0.4, -0.2) is 29.7 Å². The number of fused-ring (bicyclic) bond motifs is 2. The highest BCUT2D eigenvalue weighted by Crippen LogP contribution is 2.48. The lowest BCUT2D eigenvalue weighted by atomic mass is 9.66. The van der Waals surface area contributed by atoms with Crippen LogP contribution in [0.15, 0.2) is 22.7 Å². The third-order valence-corrected chi connectivity index (χ3v) is 5.66. The Balaban J connectivity index is 1.83. The van der Waals surface area contributed by atoms with Gasteiger partial charge < -0.3 is 9.42 Å². The topological polar surface area (TPSA) is 29.3 Å². The van der Waals surface area contributed by atoms with Gasteiger partial charge in [0, 0.05) is 16.8 Å². The molecular formula is C17H22N2O. The van der Waals surface area contributed by atoms with Gasteiger partial charge in [0.05, 0.1) is 5.69 Å². The van der Waals surface area contributed by atoms with E-state index >= 15 is 0 Å². The van der Waals surface area contributed by atoms with E-state index in [1.54, 1.807) is 0 Å². The minimum Gasteiger partial charge on any atom is -0.356 e. The number of aromatic nitrogens is 1. The molecule has 3 nitrogen and oxygen atoms in total. The lowest BCUT2D eigenvalue weighted by Gasteiger charge is -2.41. The SMILES string of the molecule is Cc1noc2cc([C@]34CCCC[C@H]3N(C)CC4)ccc12. The molecule has 0 radical (unpaired) electrons. The van der Waals surface area contributed by atoms with Gasteiger partial charge in [0.1, 0.15) is 0 Å². The van der Waals surface area contributed by atoms with Gasteiger partial charge in [-0.15, -0.1) is 0 Å². The second-order valence-electron chi connectivity index (χ2n) is 6.63. The largest absolute Gasteiger partial charge is 0.356 e. The number of likely N-dealkylation sites (tertiary alicyclic amines) is 1. The summed E-state index contributed by atoms with van der Waals surface area (Å²) in [5.41, 5.74) is 3.76. The number of benzene rings is 1. The van der Waals surface area contributed by atoms with Crippen molar-refractivity contribution in [3.63, 3.8) is 0 Å². The zero-order valence-corrected chi connectivity index (χ0v) is 12.4. The monoisotopic (exact) mass is 270 g/mol. The minimum absolute atomic E-state index is 0.349. The van der Waals surface area contributed by atoms with E-state index in [0.29, 0.717) is 11.5 Å². The fraction of sp³-hybridized carbons (Fsp3) is 0.588. The standard InChI is InChI=1S/C17H22N2O/c1-12-14-7-6-13(11-15(14)20-18-12)17-8-4-3-5-16(17)19(2)10-9-17/h6-7,11,16H,3-5,8-10H2,1-2H3/t16-,17-/m1/s1. The predicted molar refractivity (Wildman–Crippen MR) is 79.9 cm³/mol. The van der Waals surface area contributed by atoms with Crippen molar-refractivity contribution in [3.05, 3.63) is 29.5 Å². The average Bonchev–Trinajstić information content (AvgIpc) is 3.02. The van der Waals surface area contributed by atoms with Crippen molar-refractivity contribution in [1.82, 2.24) is 10.1 Å². The van der Waals surface area contributed by atoms with Gasteiger partial charge in [0.15, 0.2) is 5.58 Å². The summed E-state index contributed by atoms with van der Waals surface area (Å²) in [5.74, 6) is 0. The summed E-state index contributed by atoms with van der Waals surface area (Å²) in [6.45, 7) is 3.23. The maximum absolute atomic E-state index is 5.49. The molecule has 106 valence electrons. The molecule has 20 heavy (non-hydrogen) atoms. The van der Waals surface area contributed by atoms with Crippen LogP contribution in [0, 0.1) is 6.92 Å². The number of nitrogens with zero attached hydrogens (tertiary/aromatic N) is 2. The van der Waals surface area contributed by atoms with E-state index in [1.807, 2.05) is 6.92 Å². The summed E-state index contributed by atoms with van der Waals surface area (Å²) in [7, 11) is 2.29. The Hall–Kier alpha value is -1.35. The highest BCUT2D eigenvalue weighted by atomic mass is 16.5. The Morgan fingerprint density at radius 2 is 2.20 bits per heavy atom. The third kappa shape index (κ3) is 1.59. The van der Waals surface area contributed by atoms with Gasteiger partial charge in [-0.1, -0.05) is 24.1 Å². The molecule has 0 N–H and O–H groups in total. The molecule has 2 aliphatic rings. The second kappa shape index (κ2) is 4.32. The lowest BCUT2D eigenvalue weighted by Crippen LogP contribution is -2.43. The molecular weight excluding hydrogens is 248 g/mol. The first-order valence-electron chi connectivity index (χ1n) is 7.77. The van der Waals surface area contributed by atoms with Crippen LogP contribution in [0.1, 0.15) is 43.4 Å². The summed E-state index contributed by atoms with van der Waals surface area (Å²) in [5, 5.41) is 5.25. The molecule has 1 aromatic carbocycles. The molecule has 2 heterocycles. The van der Waals surface area contributed by atoms with E-state index in [2.05, 4.69) is 35.3 Å². The smallest absolute Gasteiger partial charge is 0.167 e. The Bertz CT molecular complexity index is 643. The van der Waals surface area contributed by atoms with E-state index in [-0.39, 0.29) is 0 Å². The summed E-state index contributed by atoms with van der Waals surface area (Å²) in [4.78, 5) is 2.56. The van der Waals surface area contributed by atoms with Crippen LogP contribution in [0.3, 0.4) is 0 Å². The van der Waals surface area contributed by atoms with Gasteiger partial charge in [-0.2, -0.15) is 0 Å². The molecule has 3 heteroatoms. The number of hydrogen-bond acceptors (Lipinski definition) is 3. The van der Waals surface area contributed by atoms with E-state index in [4.69, 9.17) is 4.52 Å². The molecule has 1 saturated heterocycles. The molecule has 1 aliphatic carbocycles. The molecule has 1 saturated carbocycles. The maximum Gasteiger partial charge on any atom is 0.167 e. The molecule has 1 aromatic heterocycles. The van der Waals surface area contributed by atoms with Crippen molar-refractivity contribution in [2.24, 2.45) is 0 Å². The zero-order chi connectivity index (χ0) is 13.7. The first-order chi connectivity index (χ1) is 9.71. The van der Waals surface area contributed by atoms with Crippen molar-refractivity contribution in [1.29, 1.82) is 0 Å². The Labute approximate surface area is 119 Å². The quantitative estimate of drug-likeness (QED) is 0.792. The number of hydrogen-bond donors (Lipinski definition) is 0. The number of likely N-dealkylation sites (N-methyl/N-ethyl adjacent to an activating group) is 1. The molecule has 4 rings (SSSR count). The zero-order valence-electron chi connectivity index (χ0n) is 12.4. The molecule has 0 bridgehead atoms. The normalized spacial score (nSPS) is 30.8. The maximum atomic E-state index is 5.49. The summed E-state index contributed by atoms with van der Waals surface area (Å²) in [6.07, 6.45) is 6.68. The van der Waals surface area contributed by atoms with Crippen LogP contribution in [-0.2, 0) is 5.41 Å². The van der Waals surface area contributed by atoms with Gasteiger partial charge in [0.2, 0.25) is 0 Å². The average molecular weight is 270 g/mol. The van der Waals surface area contributed by atoms with Crippen LogP contribution in [0.4, 0.5) is 0 Å². The highest BCUT2D eigenvalue weighted by molar-refractivity contribution is 5.80. The van der Waals surface area contributed by atoms with Gasteiger partial charge in [-0.3, -0.25) is 0 Å². The Kier molecular flexibility index (Phi) is 2.68. The van der Waals surface area contributed by atoms with Gasteiger partial charge in [-0.25, -0.2) is 0 Å². The Morgan fingerprint density at radius 3 is 3.10 bits per heavy atom. The summed E-state index contributed by atoms with van der Waals surface area (Å²) >= 11 is 0. The second-order valence-corrected chi connectivity index (χ2v) is 6.63. The number of aryl methyl sites for hydroxylation is 1. The Morgan fingerprint density at radius 1 is 1.30 bits per heavy atom. The summed E-state index contributed by atoms with van der Waals surface area (Å²) in [6, 6.07) is 7.49. The molecule has 0 spiro atoms. The lowest BCUT2D eigenvalue weighted by molar-refractivity contribution is 0.182. The van der Waals surface area contributed by atoms with Gasteiger partial charge >= 0.3 is 0 Å². The van der Waals surface area contributed by atoms with Crippen LogP contribution in [0.5, 0.6) is 0 Å². The fourth-order valence-corrected chi connectivity index (χ4v) is 4.54. The van der Waals surface area contributed by atoms with Gasteiger partial charge in [0.25, 0.3) is 0 Å². The highest BCUT2D eigenvalue weighted by Gasteiger charge is 2.48. The van der Waals surface area contributed by atoms with Crippen molar-refractivity contribution >= 4 is 11.0 Å². The van der Waals surface area contributed by atoms with E-state index < -0.39 is 0 Å². The molecule has 0 amide bonds. The minimum atomic E-state index is 0.349. The fourth-order valence-electron chi connectivity index (χ4n) is 4.54. The molecule has 2 fully saturated rings.